The number of fused-ring (bicyclic) bond motifs is 1. The summed E-state index contributed by atoms with van der Waals surface area (Å²) in [4.78, 5) is 16.3. The number of alkyl halides is 2. The van der Waals surface area contributed by atoms with E-state index in [0.29, 0.717) is 22.3 Å². The van der Waals surface area contributed by atoms with Gasteiger partial charge in [0.05, 0.1) is 28.7 Å². The van der Waals surface area contributed by atoms with Crippen molar-refractivity contribution in [3.63, 3.8) is 0 Å². The Morgan fingerprint density at radius 2 is 1.88 bits per heavy atom. The summed E-state index contributed by atoms with van der Waals surface area (Å²) in [5, 5.41) is 5.01. The van der Waals surface area contributed by atoms with Crippen LogP contribution in [0.5, 0.6) is 0 Å². The molecule has 0 amide bonds. The molecule has 0 radical (unpaired) electrons. The molecular formula is C17H11F3N6. The fourth-order valence-corrected chi connectivity index (χ4v) is 2.49. The summed E-state index contributed by atoms with van der Waals surface area (Å²) in [7, 11) is 0. The second kappa shape index (κ2) is 6.17. The van der Waals surface area contributed by atoms with Crippen LogP contribution >= 0.6 is 0 Å². The summed E-state index contributed by atoms with van der Waals surface area (Å²) < 4.78 is 40.3. The van der Waals surface area contributed by atoms with Gasteiger partial charge >= 0.3 is 0 Å². The smallest absolute Gasteiger partial charge is 0.261 e. The lowest BCUT2D eigenvalue weighted by molar-refractivity contribution is 0.145. The van der Waals surface area contributed by atoms with E-state index in [2.05, 4.69) is 25.0 Å². The number of rotatable bonds is 3. The summed E-state index contributed by atoms with van der Waals surface area (Å²) in [5.41, 5.74) is 1.79. The van der Waals surface area contributed by atoms with Crippen LogP contribution in [0.15, 0.2) is 43.0 Å². The summed E-state index contributed by atoms with van der Waals surface area (Å²) in [5.74, 6) is -1.12. The monoisotopic (exact) mass is 356 g/mol. The predicted molar refractivity (Wildman–Crippen MR) is 87.3 cm³/mol. The molecule has 4 aromatic heterocycles. The topological polar surface area (TPSA) is 69.4 Å². The number of hydrogen-bond donors (Lipinski definition) is 0. The van der Waals surface area contributed by atoms with E-state index in [1.165, 1.54) is 10.7 Å². The van der Waals surface area contributed by atoms with Crippen molar-refractivity contribution in [1.29, 1.82) is 0 Å². The molecule has 0 aliphatic rings. The lowest BCUT2D eigenvalue weighted by atomic mass is 10.2. The highest BCUT2D eigenvalue weighted by Gasteiger charge is 2.16. The molecule has 4 aromatic rings. The van der Waals surface area contributed by atoms with Gasteiger partial charge in [0, 0.05) is 24.0 Å². The minimum atomic E-state index is -2.92. The number of pyridine rings is 2. The second-order valence-corrected chi connectivity index (χ2v) is 5.60. The summed E-state index contributed by atoms with van der Waals surface area (Å²) in [6.07, 6.45) is 3.51. The molecule has 0 unspecified atom stereocenters. The van der Waals surface area contributed by atoms with Crippen molar-refractivity contribution in [2.45, 2.75) is 13.3 Å². The molecule has 4 rings (SSSR count). The number of aryl methyl sites for hydroxylation is 1. The molecule has 4 heterocycles. The largest absolute Gasteiger partial charge is 0.268 e. The van der Waals surface area contributed by atoms with E-state index in [1.54, 1.807) is 30.9 Å². The van der Waals surface area contributed by atoms with Gasteiger partial charge in [-0.3, -0.25) is 9.97 Å². The zero-order valence-corrected chi connectivity index (χ0v) is 13.4. The van der Waals surface area contributed by atoms with Crippen molar-refractivity contribution < 1.29 is 13.2 Å². The first-order valence-corrected chi connectivity index (χ1v) is 7.60. The minimum Gasteiger partial charge on any atom is -0.261 e. The van der Waals surface area contributed by atoms with Crippen LogP contribution in [0.25, 0.3) is 28.1 Å². The molecule has 6 nitrogen and oxygen atoms in total. The van der Waals surface area contributed by atoms with Crippen LogP contribution in [0.2, 0.25) is 0 Å². The van der Waals surface area contributed by atoms with Crippen LogP contribution in [0.1, 0.15) is 17.7 Å². The third-order valence-electron chi connectivity index (χ3n) is 3.74. The van der Waals surface area contributed by atoms with Crippen LogP contribution in [0, 0.1) is 12.9 Å². The molecule has 0 bridgehead atoms. The minimum absolute atomic E-state index is 0.0972. The molecule has 0 aromatic carbocycles. The van der Waals surface area contributed by atoms with Gasteiger partial charge in [-0.15, -0.1) is 0 Å². The standard InChI is InChI=1S/C17H11F3N6/c1-9-5-21-7-14(23-9)13-4-12-10(6-22-13)8-26(25-12)15-3-2-11(16(18)19)17(20)24-15/h2-8,16H,1H3. The Morgan fingerprint density at radius 3 is 2.62 bits per heavy atom. The molecule has 0 N–H and O–H groups in total. The van der Waals surface area contributed by atoms with Gasteiger partial charge < -0.3 is 0 Å². The van der Waals surface area contributed by atoms with E-state index in [-0.39, 0.29) is 5.82 Å². The average molecular weight is 356 g/mol. The normalized spacial score (nSPS) is 11.4. The number of nitrogens with zero attached hydrogens (tertiary/aromatic N) is 6. The molecule has 26 heavy (non-hydrogen) atoms. The zero-order valence-electron chi connectivity index (χ0n) is 13.4. The van der Waals surface area contributed by atoms with Crippen molar-refractivity contribution in [3.05, 3.63) is 60.2 Å². The third-order valence-corrected chi connectivity index (χ3v) is 3.74. The molecule has 0 spiro atoms. The molecule has 0 aliphatic carbocycles. The van der Waals surface area contributed by atoms with Gasteiger partial charge in [-0.2, -0.15) is 14.5 Å². The van der Waals surface area contributed by atoms with Gasteiger partial charge in [-0.05, 0) is 25.1 Å². The molecule has 9 heteroatoms. The van der Waals surface area contributed by atoms with Crippen LogP contribution in [0.3, 0.4) is 0 Å². The van der Waals surface area contributed by atoms with Gasteiger partial charge in [0.15, 0.2) is 5.82 Å². The molecule has 0 saturated carbocycles. The molecule has 0 atom stereocenters. The fraction of sp³-hybridized carbons (Fsp3) is 0.118. The predicted octanol–water partition coefficient (Wildman–Crippen LogP) is 3.66. The Kier molecular flexibility index (Phi) is 3.83. The lowest BCUT2D eigenvalue weighted by Gasteiger charge is -2.04. The van der Waals surface area contributed by atoms with E-state index < -0.39 is 17.9 Å². The van der Waals surface area contributed by atoms with E-state index in [9.17, 15) is 13.2 Å². The molecule has 130 valence electrons. The van der Waals surface area contributed by atoms with Gasteiger partial charge in [-0.25, -0.2) is 18.4 Å². The third kappa shape index (κ3) is 2.87. The Balaban J connectivity index is 1.75. The number of halogens is 3. The molecule has 0 saturated heterocycles. The first kappa shape index (κ1) is 16.1. The molecule has 0 aliphatic heterocycles. The van der Waals surface area contributed by atoms with Crippen molar-refractivity contribution in [2.24, 2.45) is 0 Å². The number of hydrogen-bond acceptors (Lipinski definition) is 5. The highest BCUT2D eigenvalue weighted by atomic mass is 19.3. The van der Waals surface area contributed by atoms with Crippen molar-refractivity contribution >= 4 is 10.9 Å². The Bertz CT molecular complexity index is 1110. The zero-order chi connectivity index (χ0) is 18.3. The quantitative estimate of drug-likeness (QED) is 0.524. The summed E-state index contributed by atoms with van der Waals surface area (Å²) in [6.45, 7) is 1.83. The van der Waals surface area contributed by atoms with Crippen LogP contribution < -0.4 is 0 Å². The van der Waals surface area contributed by atoms with E-state index in [0.717, 1.165) is 11.8 Å². The fourth-order valence-electron chi connectivity index (χ4n) is 2.49. The maximum atomic E-state index is 13.7. The summed E-state index contributed by atoms with van der Waals surface area (Å²) >= 11 is 0. The summed E-state index contributed by atoms with van der Waals surface area (Å²) in [6, 6.07) is 4.01. The van der Waals surface area contributed by atoms with Crippen LogP contribution in [0.4, 0.5) is 13.2 Å². The lowest BCUT2D eigenvalue weighted by Crippen LogP contribution is -2.02. The number of aromatic nitrogens is 6. The van der Waals surface area contributed by atoms with Gasteiger partial charge in [0.25, 0.3) is 6.43 Å². The highest BCUT2D eigenvalue weighted by molar-refractivity contribution is 5.81. The van der Waals surface area contributed by atoms with Crippen molar-refractivity contribution in [2.75, 3.05) is 0 Å². The van der Waals surface area contributed by atoms with Crippen LogP contribution in [-0.4, -0.2) is 29.7 Å². The maximum Gasteiger partial charge on any atom is 0.268 e. The molecule has 0 fully saturated rings. The maximum absolute atomic E-state index is 13.7. The SMILES string of the molecule is Cc1cncc(-c2cc3nn(-c4ccc(C(F)F)c(F)n4)cc3cn2)n1. The van der Waals surface area contributed by atoms with E-state index >= 15 is 0 Å². The van der Waals surface area contributed by atoms with Gasteiger partial charge in [0.2, 0.25) is 5.95 Å². The molecular weight excluding hydrogens is 345 g/mol. The van der Waals surface area contributed by atoms with Crippen LogP contribution in [-0.2, 0) is 0 Å². The van der Waals surface area contributed by atoms with E-state index in [1.807, 2.05) is 6.92 Å². The first-order valence-electron chi connectivity index (χ1n) is 7.60. The van der Waals surface area contributed by atoms with Gasteiger partial charge in [-0.1, -0.05) is 0 Å². The average Bonchev–Trinajstić information content (AvgIpc) is 3.04. The Hall–Kier alpha value is -3.36. The van der Waals surface area contributed by atoms with Crippen molar-refractivity contribution in [1.82, 2.24) is 29.7 Å². The Morgan fingerprint density at radius 1 is 1.04 bits per heavy atom. The Labute approximate surface area is 145 Å². The second-order valence-electron chi connectivity index (χ2n) is 5.60. The van der Waals surface area contributed by atoms with E-state index in [4.69, 9.17) is 0 Å². The van der Waals surface area contributed by atoms with Crippen molar-refractivity contribution in [3.8, 4) is 17.2 Å². The highest BCUT2D eigenvalue weighted by Crippen LogP contribution is 2.23. The van der Waals surface area contributed by atoms with Gasteiger partial charge in [0.1, 0.15) is 5.69 Å². The first-order chi connectivity index (χ1) is 12.5.